The molecule has 0 atom stereocenters. The molecule has 0 saturated carbocycles. The van der Waals surface area contributed by atoms with E-state index in [1.807, 2.05) is 0 Å². The molecule has 0 radical (unpaired) electrons. The van der Waals surface area contributed by atoms with E-state index in [0.717, 1.165) is 4.31 Å². The van der Waals surface area contributed by atoms with Crippen molar-refractivity contribution in [2.24, 2.45) is 0 Å². The molecule has 1 saturated heterocycles. The smallest absolute Gasteiger partial charge is 0.245 e. The minimum atomic E-state index is -3.78. The summed E-state index contributed by atoms with van der Waals surface area (Å²) in [5, 5.41) is 2.63. The van der Waals surface area contributed by atoms with Crippen LogP contribution in [-0.2, 0) is 29.6 Å². The van der Waals surface area contributed by atoms with Crippen LogP contribution in [-0.4, -0.2) is 78.9 Å². The number of hydrogen-bond donors (Lipinski definition) is 1. The first-order valence-corrected chi connectivity index (χ1v) is 14.1. The van der Waals surface area contributed by atoms with Gasteiger partial charge in [0, 0.05) is 24.8 Å². The molecule has 0 unspecified atom stereocenters. The first-order valence-electron chi connectivity index (χ1n) is 11.1. The fourth-order valence-electron chi connectivity index (χ4n) is 3.67. The second-order valence-electron chi connectivity index (χ2n) is 7.82. The lowest BCUT2D eigenvalue weighted by atomic mass is 10.2. The van der Waals surface area contributed by atoms with Gasteiger partial charge in [-0.3, -0.25) is 9.10 Å². The number of carbonyl (C=O) groups is 1. The molecule has 0 aromatic heterocycles. The van der Waals surface area contributed by atoms with Crippen LogP contribution < -0.4 is 19.1 Å². The van der Waals surface area contributed by atoms with Crippen molar-refractivity contribution in [3.05, 3.63) is 42.5 Å². The largest absolute Gasteiger partial charge is 0.486 e. The molecule has 0 bridgehead atoms. The maximum atomic E-state index is 12.8. The zero-order valence-electron chi connectivity index (χ0n) is 19.2. The summed E-state index contributed by atoms with van der Waals surface area (Å²) in [5.41, 5.74) is 0.616. The van der Waals surface area contributed by atoms with Crippen LogP contribution in [0.2, 0.25) is 0 Å². The molecule has 2 aliphatic heterocycles. The predicted octanol–water partition coefficient (Wildman–Crippen LogP) is 1.27. The van der Waals surface area contributed by atoms with Gasteiger partial charge in [-0.15, -0.1) is 0 Å². The Morgan fingerprint density at radius 1 is 0.943 bits per heavy atom. The number of rotatable bonds is 8. The Morgan fingerprint density at radius 3 is 2.26 bits per heavy atom. The minimum absolute atomic E-state index is 0.101. The summed E-state index contributed by atoms with van der Waals surface area (Å²) in [5.74, 6) is 0.122. The molecule has 0 aliphatic carbocycles. The van der Waals surface area contributed by atoms with Gasteiger partial charge in [0.05, 0.1) is 29.5 Å². The van der Waals surface area contributed by atoms with Gasteiger partial charge in [-0.2, -0.15) is 4.31 Å². The number of ether oxygens (including phenoxy) is 3. The molecular weight excluding hydrogens is 498 g/mol. The molecule has 1 fully saturated rings. The summed E-state index contributed by atoms with van der Waals surface area (Å²) in [6.45, 7) is 3.01. The molecule has 4 rings (SSSR count). The summed E-state index contributed by atoms with van der Waals surface area (Å²) in [4.78, 5) is 12.9. The Balaban J connectivity index is 1.48. The highest BCUT2D eigenvalue weighted by Crippen LogP contribution is 2.35. The predicted molar refractivity (Wildman–Crippen MR) is 129 cm³/mol. The van der Waals surface area contributed by atoms with Crippen molar-refractivity contribution in [2.45, 2.75) is 11.8 Å². The number of benzene rings is 2. The van der Waals surface area contributed by atoms with Crippen LogP contribution in [0.3, 0.4) is 0 Å². The highest BCUT2D eigenvalue weighted by Gasteiger charge is 2.27. The molecule has 35 heavy (non-hydrogen) atoms. The molecule has 13 heteroatoms. The van der Waals surface area contributed by atoms with Crippen molar-refractivity contribution in [2.75, 3.05) is 61.4 Å². The molecule has 2 heterocycles. The van der Waals surface area contributed by atoms with E-state index in [0.29, 0.717) is 43.6 Å². The van der Waals surface area contributed by atoms with Gasteiger partial charge in [0.2, 0.25) is 26.0 Å². The van der Waals surface area contributed by atoms with Gasteiger partial charge < -0.3 is 19.5 Å². The van der Waals surface area contributed by atoms with E-state index in [4.69, 9.17) is 14.2 Å². The third-order valence-electron chi connectivity index (χ3n) is 5.55. The molecule has 2 aromatic carbocycles. The van der Waals surface area contributed by atoms with Crippen LogP contribution in [0.1, 0.15) is 6.92 Å². The number of nitrogens with one attached hydrogen (secondary N) is 1. The minimum Gasteiger partial charge on any atom is -0.486 e. The average Bonchev–Trinajstić information content (AvgIpc) is 2.87. The van der Waals surface area contributed by atoms with E-state index in [1.54, 1.807) is 12.1 Å². The summed E-state index contributed by atoms with van der Waals surface area (Å²) < 4.78 is 69.6. The molecule has 1 amide bonds. The fraction of sp³-hybridized carbons (Fsp3) is 0.409. The molecule has 190 valence electrons. The Hall–Kier alpha value is -2.87. The molecule has 11 nitrogen and oxygen atoms in total. The number of carbonyl (C=O) groups excluding carboxylic acids is 1. The highest BCUT2D eigenvalue weighted by atomic mass is 32.2. The SMILES string of the molecule is CCS(=O)(=O)N(CC(=O)Nc1ccc(S(=O)(=O)N2CCOCC2)cc1)c1ccc2c(c1)OCCO2. The van der Waals surface area contributed by atoms with E-state index < -0.39 is 32.5 Å². The number of sulfonamides is 2. The third kappa shape index (κ3) is 5.69. The molecule has 1 N–H and O–H groups in total. The Labute approximate surface area is 204 Å². The topological polar surface area (TPSA) is 132 Å². The van der Waals surface area contributed by atoms with Crippen LogP contribution in [0.25, 0.3) is 0 Å². The third-order valence-corrected chi connectivity index (χ3v) is 9.20. The zero-order valence-corrected chi connectivity index (χ0v) is 20.8. The van der Waals surface area contributed by atoms with Crippen LogP contribution >= 0.6 is 0 Å². The number of nitrogens with zero attached hydrogens (tertiary/aromatic N) is 2. The standard InChI is InChI=1S/C22H27N3O8S2/c1-2-34(27,28)25(18-5-8-20-21(15-18)33-14-13-32-20)16-22(26)23-17-3-6-19(7-4-17)35(29,30)24-9-11-31-12-10-24/h3-8,15H,2,9-14,16H2,1H3,(H,23,26). The van der Waals surface area contributed by atoms with Crippen LogP contribution in [0.4, 0.5) is 11.4 Å². The maximum absolute atomic E-state index is 12.8. The molecule has 0 spiro atoms. The van der Waals surface area contributed by atoms with Gasteiger partial charge in [0.1, 0.15) is 19.8 Å². The average molecular weight is 526 g/mol. The van der Waals surface area contributed by atoms with Crippen molar-refractivity contribution in [3.63, 3.8) is 0 Å². The second-order valence-corrected chi connectivity index (χ2v) is 11.9. The van der Waals surface area contributed by atoms with Crippen LogP contribution in [0.5, 0.6) is 11.5 Å². The summed E-state index contributed by atoms with van der Waals surface area (Å²) in [6.07, 6.45) is 0. The highest BCUT2D eigenvalue weighted by molar-refractivity contribution is 7.92. The van der Waals surface area contributed by atoms with E-state index in [2.05, 4.69) is 5.32 Å². The fourth-order valence-corrected chi connectivity index (χ4v) is 6.14. The summed E-state index contributed by atoms with van der Waals surface area (Å²) in [6, 6.07) is 10.4. The van der Waals surface area contributed by atoms with Gasteiger partial charge in [0.15, 0.2) is 11.5 Å². The first-order chi connectivity index (χ1) is 16.7. The van der Waals surface area contributed by atoms with E-state index in [-0.39, 0.29) is 29.4 Å². The van der Waals surface area contributed by atoms with E-state index in [1.165, 1.54) is 41.6 Å². The van der Waals surface area contributed by atoms with Crippen molar-refractivity contribution in [3.8, 4) is 11.5 Å². The number of amides is 1. The van der Waals surface area contributed by atoms with E-state index in [9.17, 15) is 21.6 Å². The number of anilines is 2. The van der Waals surface area contributed by atoms with Crippen LogP contribution in [0.15, 0.2) is 47.4 Å². The second kappa shape index (κ2) is 10.4. The number of fused-ring (bicyclic) bond motifs is 1. The Morgan fingerprint density at radius 2 is 1.60 bits per heavy atom. The lowest BCUT2D eigenvalue weighted by Gasteiger charge is -2.26. The molecule has 2 aliphatic rings. The van der Waals surface area contributed by atoms with Crippen molar-refractivity contribution < 1.29 is 35.8 Å². The summed E-state index contributed by atoms with van der Waals surface area (Å²) >= 11 is 0. The van der Waals surface area contributed by atoms with Crippen molar-refractivity contribution in [1.82, 2.24) is 4.31 Å². The Bertz CT molecular complexity index is 1270. The van der Waals surface area contributed by atoms with Gasteiger partial charge in [0.25, 0.3) is 0 Å². The number of hydrogen-bond acceptors (Lipinski definition) is 8. The van der Waals surface area contributed by atoms with Gasteiger partial charge >= 0.3 is 0 Å². The molecule has 2 aromatic rings. The molecular formula is C22H27N3O8S2. The zero-order chi connectivity index (χ0) is 25.1. The normalized spacial score (nSPS) is 16.5. The number of morpholine rings is 1. The maximum Gasteiger partial charge on any atom is 0.245 e. The van der Waals surface area contributed by atoms with Crippen LogP contribution in [0, 0.1) is 0 Å². The Kier molecular flexibility index (Phi) is 7.50. The van der Waals surface area contributed by atoms with Gasteiger partial charge in [-0.25, -0.2) is 16.8 Å². The van der Waals surface area contributed by atoms with Crippen molar-refractivity contribution >= 4 is 37.3 Å². The lowest BCUT2D eigenvalue weighted by Crippen LogP contribution is -2.40. The van der Waals surface area contributed by atoms with Crippen molar-refractivity contribution in [1.29, 1.82) is 0 Å². The summed E-state index contributed by atoms with van der Waals surface area (Å²) in [7, 11) is -7.45. The quantitative estimate of drug-likeness (QED) is 0.545. The van der Waals surface area contributed by atoms with Gasteiger partial charge in [-0.1, -0.05) is 0 Å². The van der Waals surface area contributed by atoms with Gasteiger partial charge in [-0.05, 0) is 43.3 Å². The lowest BCUT2D eigenvalue weighted by molar-refractivity contribution is -0.114. The first kappa shape index (κ1) is 25.2. The van der Waals surface area contributed by atoms with E-state index >= 15 is 0 Å². The monoisotopic (exact) mass is 525 g/mol.